The fourth-order valence-electron chi connectivity index (χ4n) is 2.87. The highest BCUT2D eigenvalue weighted by molar-refractivity contribution is 6.30. The van der Waals surface area contributed by atoms with Crippen LogP contribution in [0, 0.1) is 0 Å². The van der Waals surface area contributed by atoms with Crippen LogP contribution in [-0.4, -0.2) is 31.1 Å². The van der Waals surface area contributed by atoms with E-state index in [9.17, 15) is 0 Å². The number of rotatable bonds is 5. The molecule has 0 aliphatic carbocycles. The van der Waals surface area contributed by atoms with Crippen molar-refractivity contribution >= 4 is 11.6 Å². The number of likely N-dealkylation sites (tertiary alicyclic amines) is 1. The van der Waals surface area contributed by atoms with Gasteiger partial charge in [-0.2, -0.15) is 0 Å². The van der Waals surface area contributed by atoms with Crippen LogP contribution >= 0.6 is 11.6 Å². The predicted octanol–water partition coefficient (Wildman–Crippen LogP) is 3.87. The summed E-state index contributed by atoms with van der Waals surface area (Å²) in [6.45, 7) is 4.55. The Morgan fingerprint density at radius 1 is 1.32 bits per heavy atom. The van der Waals surface area contributed by atoms with Crippen LogP contribution in [0.3, 0.4) is 0 Å². The Morgan fingerprint density at radius 2 is 2.05 bits per heavy atom. The lowest BCUT2D eigenvalue weighted by atomic mass is 10.0. The van der Waals surface area contributed by atoms with E-state index in [1.54, 1.807) is 0 Å². The zero-order chi connectivity index (χ0) is 13.7. The average molecular weight is 281 g/mol. The molecule has 0 bridgehead atoms. The molecule has 3 heteroatoms. The van der Waals surface area contributed by atoms with Gasteiger partial charge in [-0.15, -0.1) is 0 Å². The molecular formula is C16H25ClN2. The van der Waals surface area contributed by atoms with E-state index in [4.69, 9.17) is 11.6 Å². The molecule has 0 spiro atoms. The van der Waals surface area contributed by atoms with Crippen LogP contribution in [0.5, 0.6) is 0 Å². The van der Waals surface area contributed by atoms with Gasteiger partial charge in [0, 0.05) is 23.7 Å². The van der Waals surface area contributed by atoms with Gasteiger partial charge in [-0.1, -0.05) is 37.1 Å². The molecule has 1 aromatic rings. The second-order valence-electron chi connectivity index (χ2n) is 5.55. The molecule has 0 radical (unpaired) electrons. The SMILES string of the molecule is CCC(NCC1CCCCN1C)c1ccc(Cl)cc1. The third-order valence-corrected chi connectivity index (χ3v) is 4.45. The summed E-state index contributed by atoms with van der Waals surface area (Å²) in [5.74, 6) is 0. The van der Waals surface area contributed by atoms with E-state index in [2.05, 4.69) is 36.3 Å². The van der Waals surface area contributed by atoms with E-state index < -0.39 is 0 Å². The first-order valence-electron chi connectivity index (χ1n) is 7.39. The topological polar surface area (TPSA) is 15.3 Å². The number of nitrogens with zero attached hydrogens (tertiary/aromatic N) is 1. The Morgan fingerprint density at radius 3 is 2.68 bits per heavy atom. The van der Waals surface area contributed by atoms with Crippen LogP contribution in [0.15, 0.2) is 24.3 Å². The van der Waals surface area contributed by atoms with Crippen LogP contribution in [0.4, 0.5) is 0 Å². The molecule has 2 atom stereocenters. The molecule has 2 nitrogen and oxygen atoms in total. The lowest BCUT2D eigenvalue weighted by Gasteiger charge is -2.33. The number of likely N-dealkylation sites (N-methyl/N-ethyl adjacent to an activating group) is 1. The zero-order valence-corrected chi connectivity index (χ0v) is 12.8. The Labute approximate surface area is 122 Å². The van der Waals surface area contributed by atoms with Crippen molar-refractivity contribution in [3.63, 3.8) is 0 Å². The smallest absolute Gasteiger partial charge is 0.0406 e. The minimum atomic E-state index is 0.438. The van der Waals surface area contributed by atoms with Crippen LogP contribution < -0.4 is 5.32 Å². The molecule has 2 rings (SSSR count). The molecule has 0 aromatic heterocycles. The molecule has 19 heavy (non-hydrogen) atoms. The van der Waals surface area contributed by atoms with Crippen LogP contribution in [0.2, 0.25) is 5.02 Å². The van der Waals surface area contributed by atoms with Gasteiger partial charge < -0.3 is 10.2 Å². The standard InChI is InChI=1S/C16H25ClN2/c1-3-16(13-7-9-14(17)10-8-13)18-12-15-6-4-5-11-19(15)2/h7-10,15-16,18H,3-6,11-12H2,1-2H3. The molecule has 1 aromatic carbocycles. The molecule has 1 saturated heterocycles. The lowest BCUT2D eigenvalue weighted by Crippen LogP contribution is -2.43. The fourth-order valence-corrected chi connectivity index (χ4v) is 3.00. The van der Waals surface area contributed by atoms with E-state index in [1.165, 1.54) is 31.4 Å². The summed E-state index contributed by atoms with van der Waals surface area (Å²) >= 11 is 5.95. The third-order valence-electron chi connectivity index (χ3n) is 4.20. The van der Waals surface area contributed by atoms with E-state index in [0.29, 0.717) is 12.1 Å². The Bertz CT molecular complexity index is 377. The van der Waals surface area contributed by atoms with Crippen LogP contribution in [0.25, 0.3) is 0 Å². The number of halogens is 1. The summed E-state index contributed by atoms with van der Waals surface area (Å²) in [6, 6.07) is 9.35. The summed E-state index contributed by atoms with van der Waals surface area (Å²) in [6.07, 6.45) is 5.15. The maximum absolute atomic E-state index is 5.95. The Balaban J connectivity index is 1.90. The third kappa shape index (κ3) is 4.20. The Hall–Kier alpha value is -0.570. The molecule has 0 saturated carbocycles. The maximum atomic E-state index is 5.95. The Kier molecular flexibility index (Phi) is 5.68. The first kappa shape index (κ1) is 14.8. The number of benzene rings is 1. The maximum Gasteiger partial charge on any atom is 0.0406 e. The molecule has 1 aliphatic heterocycles. The largest absolute Gasteiger partial charge is 0.308 e. The van der Waals surface area contributed by atoms with E-state index in [0.717, 1.165) is 18.0 Å². The highest BCUT2D eigenvalue weighted by Gasteiger charge is 2.19. The first-order chi connectivity index (χ1) is 9.20. The quantitative estimate of drug-likeness (QED) is 0.881. The van der Waals surface area contributed by atoms with Crippen molar-refractivity contribution in [3.05, 3.63) is 34.9 Å². The summed E-state index contributed by atoms with van der Waals surface area (Å²) in [5.41, 5.74) is 1.34. The minimum absolute atomic E-state index is 0.438. The summed E-state index contributed by atoms with van der Waals surface area (Å²) in [5, 5.41) is 4.53. The number of hydrogen-bond donors (Lipinski definition) is 1. The monoisotopic (exact) mass is 280 g/mol. The number of piperidine rings is 1. The summed E-state index contributed by atoms with van der Waals surface area (Å²) in [7, 11) is 2.24. The highest BCUT2D eigenvalue weighted by atomic mass is 35.5. The van der Waals surface area contributed by atoms with Gasteiger partial charge in [0.25, 0.3) is 0 Å². The summed E-state index contributed by atoms with van der Waals surface area (Å²) < 4.78 is 0. The van der Waals surface area contributed by atoms with Gasteiger partial charge in [0.1, 0.15) is 0 Å². The molecule has 2 unspecified atom stereocenters. The molecule has 1 N–H and O–H groups in total. The normalized spacial score (nSPS) is 22.4. The van der Waals surface area contributed by atoms with Crippen molar-refractivity contribution in [1.82, 2.24) is 10.2 Å². The van der Waals surface area contributed by atoms with Crippen LogP contribution in [0.1, 0.15) is 44.2 Å². The fraction of sp³-hybridized carbons (Fsp3) is 0.625. The second-order valence-corrected chi connectivity index (χ2v) is 5.99. The number of nitrogens with one attached hydrogen (secondary N) is 1. The first-order valence-corrected chi connectivity index (χ1v) is 7.77. The number of hydrogen-bond acceptors (Lipinski definition) is 2. The molecular weight excluding hydrogens is 256 g/mol. The predicted molar refractivity (Wildman–Crippen MR) is 82.8 cm³/mol. The van der Waals surface area contributed by atoms with Gasteiger partial charge in [-0.3, -0.25) is 0 Å². The van der Waals surface area contributed by atoms with Crippen molar-refractivity contribution in [2.75, 3.05) is 20.1 Å². The molecule has 1 heterocycles. The molecule has 0 amide bonds. The summed E-state index contributed by atoms with van der Waals surface area (Å²) in [4.78, 5) is 2.49. The van der Waals surface area contributed by atoms with Crippen molar-refractivity contribution in [3.8, 4) is 0 Å². The molecule has 1 fully saturated rings. The van der Waals surface area contributed by atoms with Gasteiger partial charge in [0.2, 0.25) is 0 Å². The van der Waals surface area contributed by atoms with E-state index in [-0.39, 0.29) is 0 Å². The van der Waals surface area contributed by atoms with Crippen molar-refractivity contribution in [2.24, 2.45) is 0 Å². The highest BCUT2D eigenvalue weighted by Crippen LogP contribution is 2.20. The van der Waals surface area contributed by atoms with Crippen molar-refractivity contribution < 1.29 is 0 Å². The van der Waals surface area contributed by atoms with Gasteiger partial charge in [-0.25, -0.2) is 0 Å². The van der Waals surface area contributed by atoms with Gasteiger partial charge >= 0.3 is 0 Å². The average Bonchev–Trinajstić information content (AvgIpc) is 2.43. The molecule has 106 valence electrons. The van der Waals surface area contributed by atoms with Crippen LogP contribution in [-0.2, 0) is 0 Å². The lowest BCUT2D eigenvalue weighted by molar-refractivity contribution is 0.177. The molecule has 1 aliphatic rings. The zero-order valence-electron chi connectivity index (χ0n) is 12.0. The van der Waals surface area contributed by atoms with Crippen molar-refractivity contribution in [2.45, 2.75) is 44.7 Å². The van der Waals surface area contributed by atoms with E-state index in [1.807, 2.05) is 12.1 Å². The second kappa shape index (κ2) is 7.28. The van der Waals surface area contributed by atoms with E-state index >= 15 is 0 Å². The van der Waals surface area contributed by atoms with Crippen molar-refractivity contribution in [1.29, 1.82) is 0 Å². The minimum Gasteiger partial charge on any atom is -0.308 e. The van der Waals surface area contributed by atoms with Gasteiger partial charge in [-0.05, 0) is 50.6 Å². The van der Waals surface area contributed by atoms with Gasteiger partial charge in [0.15, 0.2) is 0 Å². The van der Waals surface area contributed by atoms with Gasteiger partial charge in [0.05, 0.1) is 0 Å².